The number of carbonyl (C=O) groups excluding carboxylic acids is 1. The van der Waals surface area contributed by atoms with Gasteiger partial charge in [-0.3, -0.25) is 14.2 Å². The maximum absolute atomic E-state index is 13.4. The predicted molar refractivity (Wildman–Crippen MR) is 127 cm³/mol. The van der Waals surface area contributed by atoms with Gasteiger partial charge in [0.2, 0.25) is 5.91 Å². The second-order valence-electron chi connectivity index (χ2n) is 7.89. The van der Waals surface area contributed by atoms with Gasteiger partial charge in [0.15, 0.2) is 5.16 Å². The van der Waals surface area contributed by atoms with Crippen LogP contribution in [0.4, 0.5) is 0 Å². The van der Waals surface area contributed by atoms with Gasteiger partial charge in [0.25, 0.3) is 5.56 Å². The van der Waals surface area contributed by atoms with Gasteiger partial charge in [0, 0.05) is 7.05 Å². The number of aryl methyl sites for hydroxylation is 3. The van der Waals surface area contributed by atoms with Crippen LogP contribution < -0.4 is 5.56 Å². The first-order valence-electron chi connectivity index (χ1n) is 10.3. The molecule has 0 atom stereocenters. The summed E-state index contributed by atoms with van der Waals surface area (Å²) in [6.07, 6.45) is 0. The van der Waals surface area contributed by atoms with E-state index in [0.717, 1.165) is 28.3 Å². The summed E-state index contributed by atoms with van der Waals surface area (Å²) in [5.41, 5.74) is 3.27. The van der Waals surface area contributed by atoms with Crippen LogP contribution >= 0.6 is 11.8 Å². The Kier molecular flexibility index (Phi) is 6.19. The normalized spacial score (nSPS) is 11.1. The number of amides is 1. The quantitative estimate of drug-likeness (QED) is 0.318. The maximum atomic E-state index is 13.4. The lowest BCUT2D eigenvalue weighted by Gasteiger charge is -2.18. The van der Waals surface area contributed by atoms with E-state index in [1.54, 1.807) is 22.6 Å². The molecule has 0 unspecified atom stereocenters. The fraction of sp³-hybridized carbons (Fsp3) is 0.240. The van der Waals surface area contributed by atoms with Crippen molar-refractivity contribution in [1.29, 1.82) is 0 Å². The van der Waals surface area contributed by atoms with E-state index < -0.39 is 0 Å². The molecule has 0 radical (unpaired) electrons. The van der Waals surface area contributed by atoms with E-state index in [2.05, 4.69) is 0 Å². The van der Waals surface area contributed by atoms with Gasteiger partial charge < -0.3 is 9.32 Å². The third-order valence-electron chi connectivity index (χ3n) is 5.29. The smallest absolute Gasteiger partial charge is 0.266 e. The minimum atomic E-state index is -0.140. The minimum absolute atomic E-state index is 0.0704. The zero-order valence-electron chi connectivity index (χ0n) is 18.6. The standard InChI is InChI=1S/C25H25N3O3S/c1-16-9-10-17(2)22(13-16)28-24(30)20-7-5-6-8-21(20)26-25(28)32-15-23(29)27(4)14-19-12-11-18(3)31-19/h5-13H,14-15H2,1-4H3. The van der Waals surface area contributed by atoms with E-state index in [1.807, 2.05) is 69.3 Å². The third-order valence-corrected chi connectivity index (χ3v) is 6.21. The van der Waals surface area contributed by atoms with Crippen LogP contribution in [0.25, 0.3) is 16.6 Å². The summed E-state index contributed by atoms with van der Waals surface area (Å²) in [6.45, 7) is 6.22. The Morgan fingerprint density at radius 1 is 1.09 bits per heavy atom. The Labute approximate surface area is 190 Å². The number of nitrogens with zero attached hydrogens (tertiary/aromatic N) is 3. The van der Waals surface area contributed by atoms with Crippen molar-refractivity contribution in [1.82, 2.24) is 14.5 Å². The van der Waals surface area contributed by atoms with Crippen LogP contribution in [-0.4, -0.2) is 33.2 Å². The Morgan fingerprint density at radius 2 is 1.88 bits per heavy atom. The van der Waals surface area contributed by atoms with Crippen LogP contribution in [0.3, 0.4) is 0 Å². The van der Waals surface area contributed by atoms with Crippen molar-refractivity contribution in [3.63, 3.8) is 0 Å². The van der Waals surface area contributed by atoms with Crippen molar-refractivity contribution >= 4 is 28.6 Å². The molecule has 0 spiro atoms. The highest BCUT2D eigenvalue weighted by molar-refractivity contribution is 7.99. The van der Waals surface area contributed by atoms with Crippen LogP contribution in [0.1, 0.15) is 22.6 Å². The Hall–Kier alpha value is -3.32. The number of benzene rings is 2. The number of hydrogen-bond acceptors (Lipinski definition) is 5. The average Bonchev–Trinajstić information content (AvgIpc) is 3.18. The molecular formula is C25H25N3O3S. The summed E-state index contributed by atoms with van der Waals surface area (Å²) in [4.78, 5) is 32.6. The van der Waals surface area contributed by atoms with Gasteiger partial charge in [-0.05, 0) is 62.2 Å². The zero-order valence-corrected chi connectivity index (χ0v) is 19.4. The summed E-state index contributed by atoms with van der Waals surface area (Å²) in [7, 11) is 1.74. The lowest BCUT2D eigenvalue weighted by Crippen LogP contribution is -2.28. The number of thioether (sulfide) groups is 1. The van der Waals surface area contributed by atoms with Crippen LogP contribution in [0.5, 0.6) is 0 Å². The lowest BCUT2D eigenvalue weighted by molar-refractivity contribution is -0.127. The second kappa shape index (κ2) is 9.04. The molecule has 4 rings (SSSR count). The van der Waals surface area contributed by atoms with E-state index in [9.17, 15) is 9.59 Å². The molecular weight excluding hydrogens is 422 g/mol. The molecule has 0 fully saturated rings. The summed E-state index contributed by atoms with van der Waals surface area (Å²) in [5.74, 6) is 1.64. The number of aromatic nitrogens is 2. The monoisotopic (exact) mass is 447 g/mol. The fourth-order valence-electron chi connectivity index (χ4n) is 3.51. The number of furan rings is 1. The topological polar surface area (TPSA) is 68.3 Å². The molecule has 0 aliphatic rings. The molecule has 32 heavy (non-hydrogen) atoms. The van der Waals surface area contributed by atoms with E-state index in [4.69, 9.17) is 9.40 Å². The molecule has 0 saturated heterocycles. The van der Waals surface area contributed by atoms with Crippen molar-refractivity contribution < 1.29 is 9.21 Å². The van der Waals surface area contributed by atoms with Crippen molar-refractivity contribution in [2.24, 2.45) is 0 Å². The zero-order chi connectivity index (χ0) is 22.8. The molecule has 0 saturated carbocycles. The predicted octanol–water partition coefficient (Wildman–Crippen LogP) is 4.65. The van der Waals surface area contributed by atoms with Crippen LogP contribution in [0.15, 0.2) is 69.0 Å². The molecule has 2 aromatic heterocycles. The largest absolute Gasteiger partial charge is 0.464 e. The van der Waals surface area contributed by atoms with Crippen molar-refractivity contribution in [3.05, 3.63) is 87.6 Å². The molecule has 1 amide bonds. The maximum Gasteiger partial charge on any atom is 0.266 e. The van der Waals surface area contributed by atoms with Gasteiger partial charge >= 0.3 is 0 Å². The number of fused-ring (bicyclic) bond motifs is 1. The van der Waals surface area contributed by atoms with E-state index in [-0.39, 0.29) is 17.2 Å². The Bertz CT molecular complexity index is 1360. The molecule has 0 N–H and O–H groups in total. The average molecular weight is 448 g/mol. The first-order chi connectivity index (χ1) is 15.3. The lowest BCUT2D eigenvalue weighted by atomic mass is 10.1. The van der Waals surface area contributed by atoms with Gasteiger partial charge in [-0.25, -0.2) is 4.98 Å². The van der Waals surface area contributed by atoms with Crippen LogP contribution in [-0.2, 0) is 11.3 Å². The molecule has 0 aliphatic carbocycles. The van der Waals surface area contributed by atoms with Crippen molar-refractivity contribution in [3.8, 4) is 5.69 Å². The molecule has 0 bridgehead atoms. The molecule has 6 nitrogen and oxygen atoms in total. The summed E-state index contributed by atoms with van der Waals surface area (Å²) >= 11 is 1.27. The van der Waals surface area contributed by atoms with E-state index >= 15 is 0 Å². The van der Waals surface area contributed by atoms with E-state index in [1.165, 1.54) is 11.8 Å². The molecule has 2 heterocycles. The second-order valence-corrected chi connectivity index (χ2v) is 8.84. The number of rotatable bonds is 6. The van der Waals surface area contributed by atoms with Gasteiger partial charge in [0.05, 0.1) is 28.9 Å². The summed E-state index contributed by atoms with van der Waals surface area (Å²) in [6, 6.07) is 17.0. The van der Waals surface area contributed by atoms with Gasteiger partial charge in [-0.15, -0.1) is 0 Å². The molecule has 164 valence electrons. The highest BCUT2D eigenvalue weighted by Crippen LogP contribution is 2.24. The highest BCUT2D eigenvalue weighted by atomic mass is 32.2. The molecule has 7 heteroatoms. The number of hydrogen-bond donors (Lipinski definition) is 0. The molecule has 2 aromatic carbocycles. The van der Waals surface area contributed by atoms with Crippen LogP contribution in [0, 0.1) is 20.8 Å². The fourth-order valence-corrected chi connectivity index (χ4v) is 4.46. The van der Waals surface area contributed by atoms with Gasteiger partial charge in [0.1, 0.15) is 11.5 Å². The molecule has 4 aromatic rings. The number of para-hydroxylation sites is 1. The van der Waals surface area contributed by atoms with Gasteiger partial charge in [-0.2, -0.15) is 0 Å². The highest BCUT2D eigenvalue weighted by Gasteiger charge is 2.18. The van der Waals surface area contributed by atoms with E-state index in [0.29, 0.717) is 22.6 Å². The molecule has 0 aliphatic heterocycles. The minimum Gasteiger partial charge on any atom is -0.464 e. The Morgan fingerprint density at radius 3 is 2.62 bits per heavy atom. The first-order valence-corrected chi connectivity index (χ1v) is 11.3. The third kappa shape index (κ3) is 4.48. The summed E-state index contributed by atoms with van der Waals surface area (Å²) in [5, 5.41) is 1.05. The van der Waals surface area contributed by atoms with Gasteiger partial charge in [-0.1, -0.05) is 36.0 Å². The van der Waals surface area contributed by atoms with Crippen LogP contribution in [0.2, 0.25) is 0 Å². The van der Waals surface area contributed by atoms with Crippen molar-refractivity contribution in [2.75, 3.05) is 12.8 Å². The SMILES string of the molecule is Cc1ccc(C)c(-n2c(SCC(=O)N(C)Cc3ccc(C)o3)nc3ccccc3c2=O)c1. The Balaban J connectivity index is 1.67. The number of carbonyl (C=O) groups is 1. The van der Waals surface area contributed by atoms with Crippen molar-refractivity contribution in [2.45, 2.75) is 32.5 Å². The summed E-state index contributed by atoms with van der Waals surface area (Å²) < 4.78 is 7.20. The first kappa shape index (κ1) is 21.9.